The SMILES string of the molecule is COC(=O)[C@H](C(=O)[C@@H]1CCCN1)[C@@H](NS(=O)(=O)c1cc(Cl)cc(Cl)c1)c1ccc(OS(=O)(=O)C(F)(F)F)cc1. The first-order valence-electron chi connectivity index (χ1n) is 11.0. The molecule has 1 heterocycles. The lowest BCUT2D eigenvalue weighted by atomic mass is 9.86. The van der Waals surface area contributed by atoms with Crippen molar-refractivity contribution in [3.8, 4) is 5.75 Å². The number of Topliss-reactive ketones (excluding diaryl/α,β-unsaturated/α-hetero) is 1. The van der Waals surface area contributed by atoms with Crippen LogP contribution in [0.3, 0.4) is 0 Å². The molecular formula is C22H21Cl2F3N2O8S2. The van der Waals surface area contributed by atoms with Crippen LogP contribution in [-0.2, 0) is 34.5 Å². The van der Waals surface area contributed by atoms with Crippen molar-refractivity contribution < 1.29 is 48.5 Å². The van der Waals surface area contributed by atoms with E-state index in [1.165, 1.54) is 6.07 Å². The smallest absolute Gasteiger partial charge is 0.468 e. The number of methoxy groups -OCH3 is 1. The van der Waals surface area contributed by atoms with Gasteiger partial charge in [-0.3, -0.25) is 9.59 Å². The molecule has 39 heavy (non-hydrogen) atoms. The summed E-state index contributed by atoms with van der Waals surface area (Å²) in [6, 6.07) is 4.59. The minimum atomic E-state index is -5.99. The predicted octanol–water partition coefficient (Wildman–Crippen LogP) is 3.35. The molecule has 214 valence electrons. The molecule has 10 nitrogen and oxygen atoms in total. The number of carbonyl (C=O) groups is 2. The Morgan fingerprint density at radius 1 is 1.05 bits per heavy atom. The largest absolute Gasteiger partial charge is 0.534 e. The molecule has 0 bridgehead atoms. The third kappa shape index (κ3) is 7.41. The van der Waals surface area contributed by atoms with Crippen molar-refractivity contribution in [2.24, 2.45) is 5.92 Å². The first-order chi connectivity index (χ1) is 18.1. The molecule has 2 aromatic rings. The Labute approximate surface area is 231 Å². The summed E-state index contributed by atoms with van der Waals surface area (Å²) >= 11 is 11.9. The molecule has 2 N–H and O–H groups in total. The average molecular weight is 633 g/mol. The number of sulfonamides is 1. The van der Waals surface area contributed by atoms with Crippen molar-refractivity contribution in [2.75, 3.05) is 13.7 Å². The van der Waals surface area contributed by atoms with E-state index >= 15 is 0 Å². The molecule has 1 aliphatic rings. The number of benzene rings is 2. The molecule has 1 saturated heterocycles. The highest BCUT2D eigenvalue weighted by Crippen LogP contribution is 2.33. The summed E-state index contributed by atoms with van der Waals surface area (Å²) in [6.45, 7) is 0.474. The van der Waals surface area contributed by atoms with Gasteiger partial charge >= 0.3 is 21.6 Å². The number of hydrogen-bond donors (Lipinski definition) is 2. The van der Waals surface area contributed by atoms with E-state index in [0.717, 1.165) is 43.5 Å². The maximum atomic E-state index is 13.4. The number of carbonyl (C=O) groups excluding carboxylic acids is 2. The summed E-state index contributed by atoms with van der Waals surface area (Å²) in [5.41, 5.74) is -5.79. The number of ether oxygens (including phenoxy) is 1. The van der Waals surface area contributed by atoms with Gasteiger partial charge in [0.25, 0.3) is 0 Å². The van der Waals surface area contributed by atoms with Gasteiger partial charge in [0.15, 0.2) is 5.78 Å². The van der Waals surface area contributed by atoms with Gasteiger partial charge in [-0.1, -0.05) is 35.3 Å². The van der Waals surface area contributed by atoms with Crippen molar-refractivity contribution in [2.45, 2.75) is 35.3 Å². The van der Waals surface area contributed by atoms with Crippen LogP contribution in [0.4, 0.5) is 13.2 Å². The van der Waals surface area contributed by atoms with Gasteiger partial charge in [0.1, 0.15) is 11.7 Å². The topological polar surface area (TPSA) is 145 Å². The predicted molar refractivity (Wildman–Crippen MR) is 133 cm³/mol. The molecule has 3 rings (SSSR count). The zero-order valence-electron chi connectivity index (χ0n) is 19.9. The van der Waals surface area contributed by atoms with Crippen LogP contribution in [0, 0.1) is 5.92 Å². The Morgan fingerprint density at radius 2 is 1.64 bits per heavy atom. The molecule has 1 fully saturated rings. The molecular weight excluding hydrogens is 612 g/mol. The van der Waals surface area contributed by atoms with Crippen molar-refractivity contribution in [3.63, 3.8) is 0 Å². The first-order valence-corrected chi connectivity index (χ1v) is 14.6. The Hall–Kier alpha value is -2.43. The number of hydrogen-bond acceptors (Lipinski definition) is 9. The van der Waals surface area contributed by atoms with Gasteiger partial charge < -0.3 is 14.2 Å². The van der Waals surface area contributed by atoms with Gasteiger partial charge in [0.05, 0.1) is 24.1 Å². The third-order valence-electron chi connectivity index (χ3n) is 5.66. The van der Waals surface area contributed by atoms with Gasteiger partial charge in [-0.25, -0.2) is 13.1 Å². The van der Waals surface area contributed by atoms with Gasteiger partial charge in [-0.05, 0) is 55.3 Å². The zero-order chi connectivity index (χ0) is 29.2. The highest BCUT2D eigenvalue weighted by molar-refractivity contribution is 7.89. The quantitative estimate of drug-likeness (QED) is 0.174. The highest BCUT2D eigenvalue weighted by Gasteiger charge is 2.48. The molecule has 3 atom stereocenters. The average Bonchev–Trinajstić information content (AvgIpc) is 3.37. The Morgan fingerprint density at radius 3 is 2.13 bits per heavy atom. The van der Waals surface area contributed by atoms with E-state index in [0.29, 0.717) is 19.4 Å². The molecule has 17 heteroatoms. The Kier molecular flexibility index (Phi) is 9.55. The highest BCUT2D eigenvalue weighted by atomic mass is 35.5. The summed E-state index contributed by atoms with van der Waals surface area (Å²) in [7, 11) is -9.53. The van der Waals surface area contributed by atoms with E-state index in [-0.39, 0.29) is 15.6 Å². The number of rotatable bonds is 10. The molecule has 0 aromatic heterocycles. The van der Waals surface area contributed by atoms with E-state index in [2.05, 4.69) is 14.2 Å². The standard InChI is InChI=1S/C22H21Cl2F3N2O8S2/c1-36-21(31)18(20(30)17-3-2-8-28-17)19(29-38(32,33)16-10-13(23)9-14(24)11-16)12-4-6-15(7-5-12)37-39(34,35)22(25,26)27/h4-7,9-11,17-19,28-29H,2-3,8H2,1H3/t17-,18-,19-/m0/s1. The van der Waals surface area contributed by atoms with Crippen LogP contribution in [-0.4, -0.2) is 53.8 Å². The van der Waals surface area contributed by atoms with E-state index < -0.39 is 66.0 Å². The normalized spacial score (nSPS) is 17.8. The van der Waals surface area contributed by atoms with E-state index in [1.807, 2.05) is 0 Å². The fourth-order valence-corrected chi connectivity index (χ4v) is 6.26. The van der Waals surface area contributed by atoms with Crippen molar-refractivity contribution in [1.29, 1.82) is 0 Å². The molecule has 0 saturated carbocycles. The number of halogens is 5. The van der Waals surface area contributed by atoms with Crippen molar-refractivity contribution >= 4 is 55.1 Å². The molecule has 1 aliphatic heterocycles. The summed E-state index contributed by atoms with van der Waals surface area (Å²) in [5, 5.41) is 2.87. The minimum absolute atomic E-state index is 0.0254. The van der Waals surface area contributed by atoms with Gasteiger partial charge in [-0.15, -0.1) is 0 Å². The maximum Gasteiger partial charge on any atom is 0.534 e. The molecule has 0 spiro atoms. The van der Waals surface area contributed by atoms with Crippen LogP contribution in [0.15, 0.2) is 47.4 Å². The van der Waals surface area contributed by atoms with Crippen LogP contribution < -0.4 is 14.2 Å². The first kappa shape index (κ1) is 31.1. The molecule has 0 unspecified atom stereocenters. The summed E-state index contributed by atoms with van der Waals surface area (Å²) in [6.07, 6.45) is 0.971. The molecule has 2 aromatic carbocycles. The van der Waals surface area contributed by atoms with Crippen molar-refractivity contribution in [3.05, 3.63) is 58.1 Å². The number of ketones is 1. The minimum Gasteiger partial charge on any atom is -0.468 e. The van der Waals surface area contributed by atoms with E-state index in [4.69, 9.17) is 27.9 Å². The van der Waals surface area contributed by atoms with Crippen LogP contribution in [0.1, 0.15) is 24.4 Å². The lowest BCUT2D eigenvalue weighted by Gasteiger charge is -2.27. The fraction of sp³-hybridized carbons (Fsp3) is 0.364. The molecule has 0 aliphatic carbocycles. The van der Waals surface area contributed by atoms with Gasteiger partial charge in [0, 0.05) is 10.0 Å². The maximum absolute atomic E-state index is 13.4. The summed E-state index contributed by atoms with van der Waals surface area (Å²) in [5.74, 6) is -4.29. The number of esters is 1. The number of nitrogens with one attached hydrogen (secondary N) is 2. The van der Waals surface area contributed by atoms with E-state index in [9.17, 15) is 39.6 Å². The monoisotopic (exact) mass is 632 g/mol. The summed E-state index contributed by atoms with van der Waals surface area (Å²) in [4.78, 5) is 25.8. The van der Waals surface area contributed by atoms with E-state index in [1.54, 1.807) is 0 Å². The number of alkyl halides is 3. The second kappa shape index (κ2) is 12.0. The lowest BCUT2D eigenvalue weighted by molar-refractivity contribution is -0.151. The Balaban J connectivity index is 2.08. The van der Waals surface area contributed by atoms with Crippen LogP contribution in [0.2, 0.25) is 10.0 Å². The second-order valence-electron chi connectivity index (χ2n) is 8.31. The second-order valence-corrected chi connectivity index (χ2v) is 12.4. The van der Waals surface area contributed by atoms with Crippen LogP contribution in [0.5, 0.6) is 5.75 Å². The summed E-state index contributed by atoms with van der Waals surface area (Å²) < 4.78 is 98.5. The van der Waals surface area contributed by atoms with Gasteiger partial charge in [0.2, 0.25) is 10.0 Å². The van der Waals surface area contributed by atoms with Crippen LogP contribution >= 0.6 is 23.2 Å². The zero-order valence-corrected chi connectivity index (χ0v) is 23.0. The Bertz CT molecular complexity index is 1430. The van der Waals surface area contributed by atoms with Crippen LogP contribution in [0.25, 0.3) is 0 Å². The lowest BCUT2D eigenvalue weighted by Crippen LogP contribution is -2.46. The third-order valence-corrected chi connectivity index (χ3v) is 8.49. The molecule has 0 amide bonds. The van der Waals surface area contributed by atoms with Crippen molar-refractivity contribution in [1.82, 2.24) is 10.0 Å². The fourth-order valence-electron chi connectivity index (χ4n) is 3.84. The van der Waals surface area contributed by atoms with Gasteiger partial charge in [-0.2, -0.15) is 21.6 Å². The molecule has 0 radical (unpaired) electrons.